The zero-order valence-electron chi connectivity index (χ0n) is 13.0. The molecule has 0 radical (unpaired) electrons. The number of rotatable bonds is 7. The zero-order chi connectivity index (χ0) is 16.0. The molecule has 0 bridgehead atoms. The van der Waals surface area contributed by atoms with E-state index in [0.29, 0.717) is 5.69 Å². The van der Waals surface area contributed by atoms with Crippen molar-refractivity contribution in [3.05, 3.63) is 29.8 Å². The van der Waals surface area contributed by atoms with Gasteiger partial charge in [0.1, 0.15) is 0 Å². The molecule has 1 amide bonds. The predicted molar refractivity (Wildman–Crippen MR) is 85.5 cm³/mol. The smallest absolute Gasteiger partial charge is 0.229 e. The Bertz CT molecular complexity index is 580. The summed E-state index contributed by atoms with van der Waals surface area (Å²) < 4.78 is 24.9. The maximum Gasteiger partial charge on any atom is 0.229 e. The summed E-state index contributed by atoms with van der Waals surface area (Å²) in [4.78, 5) is 12.1. The van der Waals surface area contributed by atoms with Crippen LogP contribution in [0.3, 0.4) is 0 Å². The molecule has 0 fully saturated rings. The molecule has 118 valence electrons. The van der Waals surface area contributed by atoms with Crippen LogP contribution in [0, 0.1) is 5.92 Å². The highest BCUT2D eigenvalue weighted by Gasteiger charge is 2.17. The van der Waals surface area contributed by atoms with E-state index in [2.05, 4.69) is 10.0 Å². The molecular formula is C15H24N2O3S. The molecule has 0 spiro atoms. The van der Waals surface area contributed by atoms with Gasteiger partial charge in [-0.05, 0) is 37.5 Å². The predicted octanol–water partition coefficient (Wildman–Crippen LogP) is 2.67. The van der Waals surface area contributed by atoms with Crippen molar-refractivity contribution in [3.8, 4) is 0 Å². The van der Waals surface area contributed by atoms with E-state index in [1.807, 2.05) is 26.8 Å². The van der Waals surface area contributed by atoms with Gasteiger partial charge in [-0.1, -0.05) is 26.0 Å². The fraction of sp³-hybridized carbons (Fsp3) is 0.533. The highest BCUT2D eigenvalue weighted by atomic mass is 32.2. The van der Waals surface area contributed by atoms with Gasteiger partial charge in [-0.15, -0.1) is 0 Å². The molecule has 1 atom stereocenters. The van der Waals surface area contributed by atoms with E-state index in [-0.39, 0.29) is 17.9 Å². The van der Waals surface area contributed by atoms with E-state index in [0.717, 1.165) is 24.7 Å². The molecule has 6 heteroatoms. The molecule has 0 aromatic heterocycles. The normalized spacial score (nSPS) is 13.0. The largest absolute Gasteiger partial charge is 0.349 e. The Morgan fingerprint density at radius 1 is 1.24 bits per heavy atom. The second kappa shape index (κ2) is 7.45. The lowest BCUT2D eigenvalue weighted by atomic mass is 10.0. The summed E-state index contributed by atoms with van der Waals surface area (Å²) in [6.07, 6.45) is 2.73. The minimum Gasteiger partial charge on any atom is -0.349 e. The number of sulfonamides is 1. The van der Waals surface area contributed by atoms with E-state index < -0.39 is 10.0 Å². The van der Waals surface area contributed by atoms with Gasteiger partial charge in [0.25, 0.3) is 0 Å². The third kappa shape index (κ3) is 5.75. The third-order valence-corrected chi connectivity index (χ3v) is 4.01. The summed E-state index contributed by atoms with van der Waals surface area (Å²) >= 11 is 0. The number of benzene rings is 1. The van der Waals surface area contributed by atoms with Gasteiger partial charge in [0.2, 0.25) is 15.9 Å². The zero-order valence-corrected chi connectivity index (χ0v) is 13.8. The molecule has 1 rings (SSSR count). The van der Waals surface area contributed by atoms with Gasteiger partial charge >= 0.3 is 0 Å². The number of carbonyl (C=O) groups is 1. The number of nitrogens with one attached hydrogen (secondary N) is 2. The summed E-state index contributed by atoms with van der Waals surface area (Å²) in [5.74, 6) is 0.0544. The van der Waals surface area contributed by atoms with E-state index >= 15 is 0 Å². The van der Waals surface area contributed by atoms with Crippen LogP contribution in [0.15, 0.2) is 24.3 Å². The van der Waals surface area contributed by atoms with Crippen molar-refractivity contribution in [2.24, 2.45) is 5.92 Å². The van der Waals surface area contributed by atoms with Crippen LogP contribution in [0.25, 0.3) is 0 Å². The molecule has 21 heavy (non-hydrogen) atoms. The minimum absolute atomic E-state index is 0.0183. The van der Waals surface area contributed by atoms with E-state index in [4.69, 9.17) is 0 Å². The Hall–Kier alpha value is -1.56. The molecule has 0 saturated heterocycles. The van der Waals surface area contributed by atoms with Crippen LogP contribution in [0.4, 0.5) is 5.69 Å². The molecule has 0 saturated carbocycles. The Morgan fingerprint density at radius 3 is 2.38 bits per heavy atom. The minimum atomic E-state index is -3.30. The Labute approximate surface area is 127 Å². The van der Waals surface area contributed by atoms with Gasteiger partial charge < -0.3 is 5.32 Å². The maximum atomic E-state index is 12.1. The van der Waals surface area contributed by atoms with Crippen molar-refractivity contribution in [2.45, 2.75) is 39.7 Å². The molecule has 5 nitrogen and oxygen atoms in total. The van der Waals surface area contributed by atoms with Gasteiger partial charge in [-0.2, -0.15) is 0 Å². The fourth-order valence-corrected chi connectivity index (χ4v) is 2.71. The van der Waals surface area contributed by atoms with Gasteiger partial charge in [0.15, 0.2) is 0 Å². The molecule has 1 aromatic carbocycles. The van der Waals surface area contributed by atoms with Crippen LogP contribution in [-0.2, 0) is 14.8 Å². The molecule has 0 aliphatic heterocycles. The summed E-state index contributed by atoms with van der Waals surface area (Å²) in [7, 11) is -3.30. The maximum absolute atomic E-state index is 12.1. The highest BCUT2D eigenvalue weighted by molar-refractivity contribution is 7.92. The van der Waals surface area contributed by atoms with Gasteiger partial charge in [-0.3, -0.25) is 9.52 Å². The molecular weight excluding hydrogens is 288 g/mol. The monoisotopic (exact) mass is 312 g/mol. The number of carbonyl (C=O) groups excluding carboxylic acids is 1. The Balaban J connectivity index is 2.81. The summed E-state index contributed by atoms with van der Waals surface area (Å²) in [5.41, 5.74) is 1.36. The second-order valence-electron chi connectivity index (χ2n) is 5.24. The fourth-order valence-electron chi connectivity index (χ4n) is 2.16. The van der Waals surface area contributed by atoms with Crippen LogP contribution in [0.5, 0.6) is 0 Å². The number of hydrogen-bond donors (Lipinski definition) is 2. The highest BCUT2D eigenvalue weighted by Crippen LogP contribution is 2.19. The summed E-state index contributed by atoms with van der Waals surface area (Å²) in [5, 5.41) is 2.97. The molecule has 0 aliphatic carbocycles. The van der Waals surface area contributed by atoms with Crippen LogP contribution in [-0.4, -0.2) is 20.6 Å². The lowest BCUT2D eigenvalue weighted by Gasteiger charge is -2.19. The third-order valence-electron chi connectivity index (χ3n) is 3.41. The van der Waals surface area contributed by atoms with Crippen LogP contribution in [0.1, 0.15) is 45.2 Å². The number of hydrogen-bond acceptors (Lipinski definition) is 3. The quantitative estimate of drug-likeness (QED) is 0.813. The topological polar surface area (TPSA) is 75.3 Å². The van der Waals surface area contributed by atoms with Crippen molar-refractivity contribution in [2.75, 3.05) is 11.0 Å². The van der Waals surface area contributed by atoms with Crippen molar-refractivity contribution in [1.82, 2.24) is 5.32 Å². The molecule has 0 heterocycles. The van der Waals surface area contributed by atoms with Crippen LogP contribution < -0.4 is 10.0 Å². The summed E-state index contributed by atoms with van der Waals surface area (Å²) in [6.45, 7) is 5.88. The first kappa shape index (κ1) is 17.5. The lowest BCUT2D eigenvalue weighted by Crippen LogP contribution is -2.32. The van der Waals surface area contributed by atoms with E-state index in [1.165, 1.54) is 0 Å². The van der Waals surface area contributed by atoms with Crippen molar-refractivity contribution in [1.29, 1.82) is 0 Å². The van der Waals surface area contributed by atoms with Gasteiger partial charge in [0, 0.05) is 11.6 Å². The average Bonchev–Trinajstić information content (AvgIpc) is 2.38. The summed E-state index contributed by atoms with van der Waals surface area (Å²) in [6, 6.07) is 6.88. The van der Waals surface area contributed by atoms with Crippen molar-refractivity contribution in [3.63, 3.8) is 0 Å². The standard InChI is InChI=1S/C15H24N2O3S/c1-5-12(6-2)15(18)16-11(3)13-8-7-9-14(10-13)17-21(4,19)20/h7-12,17H,5-6H2,1-4H3,(H,16,18). The number of amides is 1. The average molecular weight is 312 g/mol. The molecule has 1 aromatic rings. The van der Waals surface area contributed by atoms with Crippen molar-refractivity contribution < 1.29 is 13.2 Å². The Kier molecular flexibility index (Phi) is 6.20. The van der Waals surface area contributed by atoms with E-state index in [1.54, 1.807) is 18.2 Å². The molecule has 0 aliphatic rings. The SMILES string of the molecule is CCC(CC)C(=O)NC(C)c1cccc(NS(C)(=O)=O)c1. The first-order chi connectivity index (χ1) is 9.76. The lowest BCUT2D eigenvalue weighted by molar-refractivity contribution is -0.125. The first-order valence-corrected chi connectivity index (χ1v) is 9.04. The van der Waals surface area contributed by atoms with Crippen LogP contribution in [0.2, 0.25) is 0 Å². The van der Waals surface area contributed by atoms with E-state index in [9.17, 15) is 13.2 Å². The molecule has 2 N–H and O–H groups in total. The second-order valence-corrected chi connectivity index (χ2v) is 6.99. The van der Waals surface area contributed by atoms with Crippen LogP contribution >= 0.6 is 0 Å². The molecule has 1 unspecified atom stereocenters. The van der Waals surface area contributed by atoms with Crippen molar-refractivity contribution >= 4 is 21.6 Å². The first-order valence-electron chi connectivity index (χ1n) is 7.15. The van der Waals surface area contributed by atoms with Gasteiger partial charge in [0.05, 0.1) is 12.3 Å². The number of anilines is 1. The van der Waals surface area contributed by atoms with Gasteiger partial charge in [-0.25, -0.2) is 8.42 Å². The Morgan fingerprint density at radius 2 is 1.86 bits per heavy atom.